The summed E-state index contributed by atoms with van der Waals surface area (Å²) < 4.78 is 10.5. The molecular weight excluding hydrogens is 284 g/mol. The number of hydrogen-bond acceptors (Lipinski definition) is 4. The van der Waals surface area contributed by atoms with E-state index in [1.54, 1.807) is 36.3 Å². The van der Waals surface area contributed by atoms with Gasteiger partial charge < -0.3 is 20.1 Å². The van der Waals surface area contributed by atoms with E-state index >= 15 is 0 Å². The molecule has 0 saturated carbocycles. The van der Waals surface area contributed by atoms with Gasteiger partial charge in [0.05, 0.1) is 19.1 Å². The first kappa shape index (κ1) is 16.3. The minimum atomic E-state index is -0.385. The van der Waals surface area contributed by atoms with Crippen molar-refractivity contribution >= 4 is 11.8 Å². The number of methoxy groups -OCH3 is 1. The predicted molar refractivity (Wildman–Crippen MR) is 81.6 cm³/mol. The zero-order valence-electron chi connectivity index (χ0n) is 13.0. The van der Waals surface area contributed by atoms with Crippen LogP contribution in [-0.2, 0) is 9.53 Å². The van der Waals surface area contributed by atoms with E-state index in [1.807, 2.05) is 6.92 Å². The van der Waals surface area contributed by atoms with E-state index in [0.717, 1.165) is 5.75 Å². The van der Waals surface area contributed by atoms with Crippen LogP contribution in [0.3, 0.4) is 0 Å². The summed E-state index contributed by atoms with van der Waals surface area (Å²) in [5.74, 6) is -0.162. The van der Waals surface area contributed by atoms with Crippen molar-refractivity contribution < 1.29 is 19.1 Å². The number of ether oxygens (including phenoxy) is 2. The Bertz CT molecular complexity index is 529. The largest absolute Gasteiger partial charge is 0.494 e. The van der Waals surface area contributed by atoms with Crippen LogP contribution in [0.15, 0.2) is 24.3 Å². The number of primary amides is 1. The van der Waals surface area contributed by atoms with Gasteiger partial charge in [0.1, 0.15) is 5.75 Å². The van der Waals surface area contributed by atoms with Crippen LogP contribution < -0.4 is 10.5 Å². The van der Waals surface area contributed by atoms with Gasteiger partial charge in [-0.1, -0.05) is 0 Å². The number of likely N-dealkylation sites (tertiary alicyclic amines) is 1. The van der Waals surface area contributed by atoms with Crippen molar-refractivity contribution in [2.24, 2.45) is 17.6 Å². The number of nitrogens with two attached hydrogens (primary N) is 1. The molecule has 6 nitrogen and oxygen atoms in total. The molecule has 6 heteroatoms. The Balaban J connectivity index is 2.07. The van der Waals surface area contributed by atoms with Crippen molar-refractivity contribution in [2.45, 2.75) is 6.92 Å². The van der Waals surface area contributed by atoms with Gasteiger partial charge in [0.15, 0.2) is 0 Å². The minimum Gasteiger partial charge on any atom is -0.494 e. The number of rotatable bonds is 6. The fraction of sp³-hybridized carbons (Fsp3) is 0.500. The van der Waals surface area contributed by atoms with Crippen molar-refractivity contribution in [3.63, 3.8) is 0 Å². The molecular formula is C16H22N2O4. The van der Waals surface area contributed by atoms with Gasteiger partial charge >= 0.3 is 0 Å². The summed E-state index contributed by atoms with van der Waals surface area (Å²) in [5, 5.41) is 0. The molecule has 1 saturated heterocycles. The third-order valence-electron chi connectivity index (χ3n) is 3.89. The zero-order valence-corrected chi connectivity index (χ0v) is 13.0. The Kier molecular flexibility index (Phi) is 5.38. The second-order valence-corrected chi connectivity index (χ2v) is 5.39. The first-order valence-electron chi connectivity index (χ1n) is 7.37. The summed E-state index contributed by atoms with van der Waals surface area (Å²) in [7, 11) is 1.58. The van der Waals surface area contributed by atoms with E-state index in [0.29, 0.717) is 31.9 Å². The van der Waals surface area contributed by atoms with Gasteiger partial charge in [-0.25, -0.2) is 0 Å². The molecule has 0 aromatic heterocycles. The number of benzene rings is 1. The molecule has 0 spiro atoms. The molecule has 1 heterocycles. The van der Waals surface area contributed by atoms with Crippen molar-refractivity contribution in [1.29, 1.82) is 0 Å². The maximum Gasteiger partial charge on any atom is 0.253 e. The van der Waals surface area contributed by atoms with E-state index in [-0.39, 0.29) is 23.7 Å². The Morgan fingerprint density at radius 3 is 2.50 bits per heavy atom. The molecule has 1 aliphatic rings. The number of carbonyl (C=O) groups is 2. The lowest BCUT2D eigenvalue weighted by atomic mass is 9.96. The summed E-state index contributed by atoms with van der Waals surface area (Å²) in [6.07, 6.45) is 0. The zero-order chi connectivity index (χ0) is 16.1. The molecule has 0 radical (unpaired) electrons. The molecule has 22 heavy (non-hydrogen) atoms. The Morgan fingerprint density at radius 1 is 1.27 bits per heavy atom. The molecule has 0 bridgehead atoms. The van der Waals surface area contributed by atoms with Crippen LogP contribution in [0.2, 0.25) is 0 Å². The molecule has 1 aromatic carbocycles. The third-order valence-corrected chi connectivity index (χ3v) is 3.89. The van der Waals surface area contributed by atoms with Gasteiger partial charge in [-0.15, -0.1) is 0 Å². The molecule has 1 aromatic rings. The van der Waals surface area contributed by atoms with Crippen molar-refractivity contribution in [2.75, 3.05) is 33.4 Å². The summed E-state index contributed by atoms with van der Waals surface area (Å²) in [6.45, 7) is 3.73. The highest BCUT2D eigenvalue weighted by Gasteiger charge is 2.38. The highest BCUT2D eigenvalue weighted by molar-refractivity contribution is 5.95. The van der Waals surface area contributed by atoms with Crippen molar-refractivity contribution in [3.05, 3.63) is 29.8 Å². The minimum absolute atomic E-state index is 0.0471. The Hall–Kier alpha value is -2.08. The summed E-state index contributed by atoms with van der Waals surface area (Å²) in [6, 6.07) is 7.00. The van der Waals surface area contributed by atoms with Crippen molar-refractivity contribution in [3.8, 4) is 5.75 Å². The van der Waals surface area contributed by atoms with Crippen LogP contribution in [-0.4, -0.2) is 50.1 Å². The standard InChI is InChI=1S/C16H22N2O4/c1-3-22-13-6-4-11(5-7-13)16(20)18-8-12(10-21-2)14(9-18)15(17)19/h4-7,12,14H,3,8-10H2,1-2H3,(H2,17,19)/t12-,14+/m0/s1. The topological polar surface area (TPSA) is 81.9 Å². The van der Waals surface area contributed by atoms with E-state index in [2.05, 4.69) is 0 Å². The van der Waals surface area contributed by atoms with Gasteiger partial charge in [0.2, 0.25) is 5.91 Å². The average Bonchev–Trinajstić information content (AvgIpc) is 2.92. The maximum absolute atomic E-state index is 12.5. The molecule has 120 valence electrons. The Morgan fingerprint density at radius 2 is 1.95 bits per heavy atom. The lowest BCUT2D eigenvalue weighted by Gasteiger charge is -2.16. The van der Waals surface area contributed by atoms with Crippen LogP contribution in [0.25, 0.3) is 0 Å². The van der Waals surface area contributed by atoms with Gasteiger partial charge in [-0.3, -0.25) is 9.59 Å². The molecule has 2 amide bonds. The Labute approximate surface area is 130 Å². The van der Waals surface area contributed by atoms with E-state index < -0.39 is 0 Å². The third kappa shape index (κ3) is 3.57. The second kappa shape index (κ2) is 7.26. The molecule has 1 fully saturated rings. The highest BCUT2D eigenvalue weighted by Crippen LogP contribution is 2.25. The van der Waals surface area contributed by atoms with Crippen LogP contribution in [0.1, 0.15) is 17.3 Å². The van der Waals surface area contributed by atoms with Crippen LogP contribution >= 0.6 is 0 Å². The maximum atomic E-state index is 12.5. The molecule has 1 aliphatic heterocycles. The summed E-state index contributed by atoms with van der Waals surface area (Å²) in [5.41, 5.74) is 6.00. The fourth-order valence-electron chi connectivity index (χ4n) is 2.79. The lowest BCUT2D eigenvalue weighted by molar-refractivity contribution is -0.122. The van der Waals surface area contributed by atoms with E-state index in [9.17, 15) is 9.59 Å². The molecule has 0 aliphatic carbocycles. The molecule has 2 atom stereocenters. The SMILES string of the molecule is CCOc1ccc(C(=O)N2C[C@@H](COC)[C@H](C(N)=O)C2)cc1. The lowest BCUT2D eigenvalue weighted by Crippen LogP contribution is -2.32. The smallest absolute Gasteiger partial charge is 0.253 e. The van der Waals surface area contributed by atoms with Crippen LogP contribution in [0, 0.1) is 11.8 Å². The summed E-state index contributed by atoms with van der Waals surface area (Å²) >= 11 is 0. The van der Waals surface area contributed by atoms with E-state index in [1.165, 1.54) is 0 Å². The normalized spacial score (nSPS) is 20.9. The quantitative estimate of drug-likeness (QED) is 0.847. The van der Waals surface area contributed by atoms with Crippen LogP contribution in [0.5, 0.6) is 5.75 Å². The average molecular weight is 306 g/mol. The molecule has 0 unspecified atom stereocenters. The fourth-order valence-corrected chi connectivity index (χ4v) is 2.79. The number of nitrogens with zero attached hydrogens (tertiary/aromatic N) is 1. The van der Waals surface area contributed by atoms with Gasteiger partial charge in [0.25, 0.3) is 5.91 Å². The van der Waals surface area contributed by atoms with Crippen LogP contribution in [0.4, 0.5) is 0 Å². The first-order valence-corrected chi connectivity index (χ1v) is 7.37. The summed E-state index contributed by atoms with van der Waals surface area (Å²) in [4.78, 5) is 25.7. The molecule has 2 N–H and O–H groups in total. The molecule has 2 rings (SSSR count). The monoisotopic (exact) mass is 306 g/mol. The van der Waals surface area contributed by atoms with Crippen molar-refractivity contribution in [1.82, 2.24) is 4.90 Å². The predicted octanol–water partition coefficient (Wildman–Crippen LogP) is 0.905. The van der Waals surface area contributed by atoms with E-state index in [4.69, 9.17) is 15.2 Å². The van der Waals surface area contributed by atoms with Gasteiger partial charge in [-0.05, 0) is 31.2 Å². The number of carbonyl (C=O) groups excluding carboxylic acids is 2. The first-order chi connectivity index (χ1) is 10.6. The van der Waals surface area contributed by atoms with Gasteiger partial charge in [0, 0.05) is 31.7 Å². The highest BCUT2D eigenvalue weighted by atomic mass is 16.5. The number of hydrogen-bond donors (Lipinski definition) is 1. The second-order valence-electron chi connectivity index (χ2n) is 5.39. The number of amides is 2. The van der Waals surface area contributed by atoms with Gasteiger partial charge in [-0.2, -0.15) is 0 Å².